The van der Waals surface area contributed by atoms with Crippen molar-refractivity contribution in [3.05, 3.63) is 29.3 Å². The zero-order valence-electron chi connectivity index (χ0n) is 15.3. The molecule has 1 aromatic carbocycles. The lowest BCUT2D eigenvalue weighted by Gasteiger charge is -2.30. The van der Waals surface area contributed by atoms with E-state index < -0.39 is 22.0 Å². The third-order valence-electron chi connectivity index (χ3n) is 3.60. The van der Waals surface area contributed by atoms with E-state index in [-0.39, 0.29) is 0 Å². The average Bonchev–Trinajstić information content (AvgIpc) is 2.97. The first kappa shape index (κ1) is 20.7. The average molecular weight is 415 g/mol. The molecule has 0 spiro atoms. The smallest absolute Gasteiger partial charge is 0.250 e. The lowest BCUT2D eigenvalue weighted by Crippen LogP contribution is -2.47. The van der Waals surface area contributed by atoms with Crippen molar-refractivity contribution >= 4 is 49.8 Å². The molecule has 1 heterocycles. The molecule has 1 unspecified atom stereocenters. The van der Waals surface area contributed by atoms with Crippen molar-refractivity contribution in [2.24, 2.45) is 0 Å². The highest BCUT2D eigenvalue weighted by Gasteiger charge is 2.32. The molecule has 2 aromatic rings. The summed E-state index contributed by atoms with van der Waals surface area (Å²) in [5, 5.41) is 10.9. The van der Waals surface area contributed by atoms with Crippen molar-refractivity contribution in [1.82, 2.24) is 10.2 Å². The molecule has 0 bridgehead atoms. The van der Waals surface area contributed by atoms with Crippen molar-refractivity contribution in [2.75, 3.05) is 22.1 Å². The Morgan fingerprint density at radius 2 is 1.88 bits per heavy atom. The van der Waals surface area contributed by atoms with Gasteiger partial charge in [0.2, 0.25) is 21.1 Å². The second-order valence-corrected chi connectivity index (χ2v) is 9.79. The van der Waals surface area contributed by atoms with E-state index in [2.05, 4.69) is 15.5 Å². The summed E-state index contributed by atoms with van der Waals surface area (Å²) in [7, 11) is -3.66. The van der Waals surface area contributed by atoms with Crippen molar-refractivity contribution < 1.29 is 13.2 Å². The minimum Gasteiger partial charge on any atom is -0.299 e. The predicted octanol–water partition coefficient (Wildman–Crippen LogP) is 3.06. The topological polar surface area (TPSA) is 92.3 Å². The van der Waals surface area contributed by atoms with E-state index in [0.717, 1.165) is 21.7 Å². The Morgan fingerprint density at radius 3 is 2.35 bits per heavy atom. The molecule has 0 saturated carbocycles. The molecule has 0 saturated heterocycles. The molecule has 1 N–H and O–H groups in total. The maximum absolute atomic E-state index is 12.8. The molecule has 7 nitrogen and oxygen atoms in total. The highest BCUT2D eigenvalue weighted by atomic mass is 32.2. The fourth-order valence-electron chi connectivity index (χ4n) is 2.67. The summed E-state index contributed by atoms with van der Waals surface area (Å²) in [6.07, 6.45) is 3.30. The lowest BCUT2D eigenvalue weighted by atomic mass is 10.1. The number of carbonyl (C=O) groups excluding carboxylic acids is 1. The van der Waals surface area contributed by atoms with Gasteiger partial charge in [-0.2, -0.15) is 0 Å². The number of anilines is 2. The third-order valence-corrected chi connectivity index (χ3v) is 6.60. The maximum Gasteiger partial charge on any atom is 0.250 e. The van der Waals surface area contributed by atoms with Gasteiger partial charge in [-0.25, -0.2) is 8.42 Å². The summed E-state index contributed by atoms with van der Waals surface area (Å²) < 4.78 is 26.9. The van der Waals surface area contributed by atoms with Crippen molar-refractivity contribution in [3.8, 4) is 0 Å². The molecule has 10 heteroatoms. The number of hydrogen-bond donors (Lipinski definition) is 1. The zero-order chi connectivity index (χ0) is 19.5. The number of aryl methyl sites for hydroxylation is 2. The number of sulfonamides is 1. The Balaban J connectivity index is 2.39. The molecule has 1 amide bonds. The van der Waals surface area contributed by atoms with E-state index in [0.29, 0.717) is 17.2 Å². The van der Waals surface area contributed by atoms with E-state index in [1.165, 1.54) is 27.4 Å². The second-order valence-electron chi connectivity index (χ2n) is 5.90. The fourth-order valence-corrected chi connectivity index (χ4v) is 5.04. The minimum absolute atomic E-state index is 0.320. The number of thioether (sulfide) groups is 1. The van der Waals surface area contributed by atoms with Crippen molar-refractivity contribution in [3.63, 3.8) is 0 Å². The van der Waals surface area contributed by atoms with E-state index in [9.17, 15) is 13.2 Å². The zero-order valence-corrected chi connectivity index (χ0v) is 17.8. The van der Waals surface area contributed by atoms with Gasteiger partial charge in [-0.05, 0) is 49.8 Å². The first-order valence-electron chi connectivity index (χ1n) is 7.91. The molecular weight excluding hydrogens is 392 g/mol. The van der Waals surface area contributed by atoms with Gasteiger partial charge in [-0.15, -0.1) is 10.2 Å². The normalized spacial score (nSPS) is 12.7. The van der Waals surface area contributed by atoms with Gasteiger partial charge in [-0.3, -0.25) is 14.4 Å². The molecule has 26 heavy (non-hydrogen) atoms. The Bertz CT molecular complexity index is 876. The van der Waals surface area contributed by atoms with Gasteiger partial charge in [0.1, 0.15) is 6.04 Å². The first-order chi connectivity index (χ1) is 12.2. The van der Waals surface area contributed by atoms with Crippen LogP contribution in [0.5, 0.6) is 0 Å². The van der Waals surface area contributed by atoms with Crippen LogP contribution >= 0.6 is 23.1 Å². The van der Waals surface area contributed by atoms with Gasteiger partial charge in [-0.1, -0.05) is 36.1 Å². The van der Waals surface area contributed by atoms with Crippen LogP contribution in [0.3, 0.4) is 0 Å². The first-order valence-corrected chi connectivity index (χ1v) is 11.8. The second kappa shape index (κ2) is 8.36. The van der Waals surface area contributed by atoms with Crippen LogP contribution < -0.4 is 9.62 Å². The summed E-state index contributed by atoms with van der Waals surface area (Å²) >= 11 is 2.68. The highest BCUT2D eigenvalue weighted by molar-refractivity contribution is 8.00. The number of aromatic nitrogens is 2. The standard InChI is InChI=1S/C16H22N4O3S3/c1-6-13(14(21)17-15-18-19-16(24-4)25-15)20(26(5,22)23)12-8-10(2)7-11(3)9-12/h7-9,13H,6H2,1-5H3,(H,17,18,21). The number of carbonyl (C=O) groups is 1. The molecule has 142 valence electrons. The quantitative estimate of drug-likeness (QED) is 0.553. The molecule has 0 aliphatic heterocycles. The number of nitrogens with one attached hydrogen (secondary N) is 1. The lowest BCUT2D eigenvalue weighted by molar-refractivity contribution is -0.117. The Morgan fingerprint density at radius 1 is 1.27 bits per heavy atom. The predicted molar refractivity (Wildman–Crippen MR) is 108 cm³/mol. The molecule has 0 aliphatic rings. The fraction of sp³-hybridized carbons (Fsp3) is 0.438. The highest BCUT2D eigenvalue weighted by Crippen LogP contribution is 2.27. The number of hydrogen-bond acceptors (Lipinski definition) is 7. The Labute approximate surface area is 162 Å². The molecule has 0 fully saturated rings. The van der Waals surface area contributed by atoms with Gasteiger partial charge < -0.3 is 0 Å². The number of amides is 1. The molecule has 2 rings (SSSR count). The molecular formula is C16H22N4O3S3. The molecule has 0 radical (unpaired) electrons. The number of rotatable bonds is 7. The Kier molecular flexibility index (Phi) is 6.64. The maximum atomic E-state index is 12.8. The van der Waals surface area contributed by atoms with Gasteiger partial charge in [0.15, 0.2) is 4.34 Å². The number of nitrogens with zero attached hydrogens (tertiary/aromatic N) is 3. The molecule has 0 aliphatic carbocycles. The summed E-state index contributed by atoms with van der Waals surface area (Å²) in [5.41, 5.74) is 2.34. The van der Waals surface area contributed by atoms with Crippen LogP contribution in [-0.4, -0.2) is 43.1 Å². The monoisotopic (exact) mass is 414 g/mol. The van der Waals surface area contributed by atoms with Gasteiger partial charge in [0.25, 0.3) is 0 Å². The van der Waals surface area contributed by atoms with Crippen molar-refractivity contribution in [2.45, 2.75) is 37.6 Å². The third kappa shape index (κ3) is 4.95. The summed E-state index contributed by atoms with van der Waals surface area (Å²) in [4.78, 5) is 12.8. The minimum atomic E-state index is -3.66. The Hall–Kier alpha value is -1.65. The van der Waals surface area contributed by atoms with E-state index in [1.807, 2.05) is 26.2 Å². The van der Waals surface area contributed by atoms with Crippen molar-refractivity contribution in [1.29, 1.82) is 0 Å². The summed E-state index contributed by atoms with van der Waals surface area (Å²) in [6.45, 7) is 5.56. The molecule has 1 aromatic heterocycles. The van der Waals surface area contributed by atoms with E-state index >= 15 is 0 Å². The van der Waals surface area contributed by atoms with Gasteiger partial charge in [0.05, 0.1) is 11.9 Å². The molecule has 1 atom stereocenters. The van der Waals surface area contributed by atoms with Crippen LogP contribution in [0.1, 0.15) is 24.5 Å². The van der Waals surface area contributed by atoms with Crippen LogP contribution in [0, 0.1) is 13.8 Å². The van der Waals surface area contributed by atoms with Crippen LogP contribution in [-0.2, 0) is 14.8 Å². The summed E-state index contributed by atoms with van der Waals surface area (Å²) in [6, 6.07) is 4.60. The van der Waals surface area contributed by atoms with Crippen LogP contribution in [0.15, 0.2) is 22.5 Å². The van der Waals surface area contributed by atoms with Gasteiger partial charge >= 0.3 is 0 Å². The van der Waals surface area contributed by atoms with E-state index in [4.69, 9.17) is 0 Å². The summed E-state index contributed by atoms with van der Waals surface area (Å²) in [5.74, 6) is -0.430. The SMILES string of the molecule is CCC(C(=O)Nc1nnc(SC)s1)N(c1cc(C)cc(C)c1)S(C)(=O)=O. The largest absolute Gasteiger partial charge is 0.299 e. The van der Waals surface area contributed by atoms with Crippen LogP contribution in [0.25, 0.3) is 0 Å². The van der Waals surface area contributed by atoms with E-state index in [1.54, 1.807) is 19.1 Å². The van der Waals surface area contributed by atoms with Gasteiger partial charge in [0, 0.05) is 0 Å². The number of benzene rings is 1. The van der Waals surface area contributed by atoms with Crippen LogP contribution in [0.2, 0.25) is 0 Å². The van der Waals surface area contributed by atoms with Crippen LogP contribution in [0.4, 0.5) is 10.8 Å².